The minimum absolute atomic E-state index is 0.119. The van der Waals surface area contributed by atoms with Gasteiger partial charge >= 0.3 is 5.97 Å². The van der Waals surface area contributed by atoms with Gasteiger partial charge in [0.2, 0.25) is 10.0 Å². The van der Waals surface area contributed by atoms with E-state index in [0.29, 0.717) is 10.6 Å². The summed E-state index contributed by atoms with van der Waals surface area (Å²) in [6, 6.07) is 21.9. The van der Waals surface area contributed by atoms with Gasteiger partial charge in [0.15, 0.2) is 0 Å². The van der Waals surface area contributed by atoms with Crippen LogP contribution in [0.2, 0.25) is 5.02 Å². The number of carbonyl (C=O) groups is 1. The lowest BCUT2D eigenvalue weighted by Gasteiger charge is -2.21. The van der Waals surface area contributed by atoms with Gasteiger partial charge in [-0.05, 0) is 54.1 Å². The molecule has 0 radical (unpaired) electrons. The fraction of sp³-hybridized carbons (Fsp3) is 0.136. The Morgan fingerprint density at radius 1 is 0.967 bits per heavy atom. The maximum atomic E-state index is 12.7. The van der Waals surface area contributed by atoms with Gasteiger partial charge in [-0.2, -0.15) is 0 Å². The molecule has 156 valence electrons. The highest BCUT2D eigenvalue weighted by atomic mass is 35.5. The van der Waals surface area contributed by atoms with Crippen molar-refractivity contribution in [3.05, 3.63) is 95.0 Å². The van der Waals surface area contributed by atoms with Crippen LogP contribution in [0.25, 0.3) is 0 Å². The first kappa shape index (κ1) is 21.8. The summed E-state index contributed by atoms with van der Waals surface area (Å²) >= 11 is 5.85. The molecule has 0 aliphatic carbocycles. The summed E-state index contributed by atoms with van der Waals surface area (Å²) in [6.45, 7) is 0.119. The van der Waals surface area contributed by atoms with E-state index >= 15 is 0 Å². The topological polar surface area (TPSA) is 84.5 Å². The lowest BCUT2D eigenvalue weighted by molar-refractivity contribution is 0.0600. The third kappa shape index (κ3) is 5.60. The molecular formula is C22H21ClN2O4S. The molecule has 0 saturated heterocycles. The summed E-state index contributed by atoms with van der Waals surface area (Å²) in [5.74, 6) is -0.420. The number of carbonyl (C=O) groups excluding carboxylic acids is 1. The van der Waals surface area contributed by atoms with Crippen molar-refractivity contribution >= 4 is 33.3 Å². The van der Waals surface area contributed by atoms with Crippen LogP contribution < -0.4 is 10.0 Å². The number of methoxy groups -OCH3 is 1. The maximum absolute atomic E-state index is 12.7. The van der Waals surface area contributed by atoms with Gasteiger partial charge in [0.1, 0.15) is 0 Å². The largest absolute Gasteiger partial charge is 0.465 e. The highest BCUT2D eigenvalue weighted by Crippen LogP contribution is 2.21. The molecule has 30 heavy (non-hydrogen) atoms. The van der Waals surface area contributed by atoms with Crippen molar-refractivity contribution in [3.8, 4) is 0 Å². The van der Waals surface area contributed by atoms with E-state index < -0.39 is 16.0 Å². The Balaban J connectivity index is 1.78. The zero-order valence-corrected chi connectivity index (χ0v) is 17.8. The van der Waals surface area contributed by atoms with E-state index in [1.165, 1.54) is 31.4 Å². The van der Waals surface area contributed by atoms with Gasteiger partial charge in [-0.1, -0.05) is 41.9 Å². The van der Waals surface area contributed by atoms with Crippen molar-refractivity contribution in [3.63, 3.8) is 0 Å². The second-order valence-corrected chi connectivity index (χ2v) is 8.69. The number of hydrogen-bond acceptors (Lipinski definition) is 5. The molecule has 0 aliphatic rings. The fourth-order valence-electron chi connectivity index (χ4n) is 2.85. The molecule has 6 nitrogen and oxygen atoms in total. The first-order valence-electron chi connectivity index (χ1n) is 9.14. The monoisotopic (exact) mass is 444 g/mol. The molecule has 3 aromatic rings. The molecule has 0 bridgehead atoms. The van der Waals surface area contributed by atoms with Crippen LogP contribution >= 0.6 is 11.6 Å². The zero-order valence-electron chi connectivity index (χ0n) is 16.2. The number of rotatable bonds is 8. The molecule has 0 saturated carbocycles. The number of esters is 1. The summed E-state index contributed by atoms with van der Waals surface area (Å²) in [6.07, 6.45) is 0. The summed E-state index contributed by atoms with van der Waals surface area (Å²) in [7, 11) is -2.38. The first-order valence-corrected chi connectivity index (χ1v) is 11.0. The molecular weight excluding hydrogens is 424 g/mol. The minimum atomic E-state index is -3.70. The van der Waals surface area contributed by atoms with Crippen molar-refractivity contribution in [2.24, 2.45) is 0 Å². The van der Waals surface area contributed by atoms with E-state index in [2.05, 4.69) is 10.0 Å². The summed E-state index contributed by atoms with van der Waals surface area (Å²) < 4.78 is 32.7. The van der Waals surface area contributed by atoms with E-state index in [1.54, 1.807) is 24.3 Å². The van der Waals surface area contributed by atoms with E-state index in [1.807, 2.05) is 30.3 Å². The lowest BCUT2D eigenvalue weighted by atomic mass is 10.1. The van der Waals surface area contributed by atoms with Gasteiger partial charge in [0, 0.05) is 17.3 Å². The van der Waals surface area contributed by atoms with Crippen molar-refractivity contribution in [1.29, 1.82) is 0 Å². The Labute approximate surface area is 180 Å². The fourth-order valence-corrected chi connectivity index (χ4v) is 4.02. The van der Waals surface area contributed by atoms with E-state index in [0.717, 1.165) is 11.3 Å². The van der Waals surface area contributed by atoms with Crippen LogP contribution in [0, 0.1) is 0 Å². The normalized spacial score (nSPS) is 12.2. The maximum Gasteiger partial charge on any atom is 0.337 e. The first-order chi connectivity index (χ1) is 14.4. The molecule has 3 aromatic carbocycles. The average molecular weight is 445 g/mol. The summed E-state index contributed by atoms with van der Waals surface area (Å²) in [5.41, 5.74) is 2.08. The van der Waals surface area contributed by atoms with Crippen LogP contribution in [0.4, 0.5) is 5.69 Å². The van der Waals surface area contributed by atoms with Crippen molar-refractivity contribution in [2.75, 3.05) is 19.0 Å². The standard InChI is InChI=1S/C22H21ClN2O4S/c1-29-22(26)17-7-11-19(12-8-17)25-21(16-5-3-2-4-6-16)15-24-30(27,28)20-13-9-18(23)10-14-20/h2-14,21,24-25H,15H2,1H3/t21-/m0/s1. The van der Waals surface area contributed by atoms with Crippen LogP contribution in [0.5, 0.6) is 0 Å². The van der Waals surface area contributed by atoms with Gasteiger partial charge < -0.3 is 10.1 Å². The molecule has 0 fully saturated rings. The van der Waals surface area contributed by atoms with Crippen LogP contribution in [0.15, 0.2) is 83.8 Å². The molecule has 3 rings (SSSR count). The van der Waals surface area contributed by atoms with Gasteiger partial charge in [-0.25, -0.2) is 17.9 Å². The molecule has 0 unspecified atom stereocenters. The molecule has 0 heterocycles. The number of benzene rings is 3. The lowest BCUT2D eigenvalue weighted by Crippen LogP contribution is -2.31. The third-order valence-corrected chi connectivity index (χ3v) is 6.14. The minimum Gasteiger partial charge on any atom is -0.465 e. The molecule has 1 atom stereocenters. The van der Waals surface area contributed by atoms with Crippen LogP contribution in [0.1, 0.15) is 22.0 Å². The molecule has 0 aliphatic heterocycles. The van der Waals surface area contributed by atoms with Gasteiger partial charge in [-0.15, -0.1) is 0 Å². The molecule has 0 amide bonds. The number of halogens is 1. The van der Waals surface area contributed by atoms with Crippen molar-refractivity contribution in [1.82, 2.24) is 4.72 Å². The Hall–Kier alpha value is -2.87. The highest BCUT2D eigenvalue weighted by molar-refractivity contribution is 7.89. The molecule has 0 spiro atoms. The van der Waals surface area contributed by atoms with Gasteiger partial charge in [0.05, 0.1) is 23.6 Å². The summed E-state index contributed by atoms with van der Waals surface area (Å²) in [4.78, 5) is 11.7. The zero-order chi connectivity index (χ0) is 21.6. The van der Waals surface area contributed by atoms with Crippen LogP contribution in [-0.4, -0.2) is 28.0 Å². The molecule has 8 heteroatoms. The van der Waals surface area contributed by atoms with Crippen LogP contribution in [-0.2, 0) is 14.8 Å². The quantitative estimate of drug-likeness (QED) is 0.507. The van der Waals surface area contributed by atoms with Gasteiger partial charge in [0.25, 0.3) is 0 Å². The predicted molar refractivity (Wildman–Crippen MR) is 117 cm³/mol. The predicted octanol–water partition coefficient (Wildman–Crippen LogP) is 4.26. The molecule has 0 aromatic heterocycles. The van der Waals surface area contributed by atoms with Crippen molar-refractivity contribution in [2.45, 2.75) is 10.9 Å². The van der Waals surface area contributed by atoms with Crippen LogP contribution in [0.3, 0.4) is 0 Å². The number of nitrogens with one attached hydrogen (secondary N) is 2. The smallest absolute Gasteiger partial charge is 0.337 e. The second kappa shape index (κ2) is 9.75. The Kier molecular flexibility index (Phi) is 7.10. The van der Waals surface area contributed by atoms with E-state index in [9.17, 15) is 13.2 Å². The Bertz CT molecular complexity index is 1090. The van der Waals surface area contributed by atoms with E-state index in [-0.39, 0.29) is 17.5 Å². The summed E-state index contributed by atoms with van der Waals surface area (Å²) in [5, 5.41) is 3.78. The highest BCUT2D eigenvalue weighted by Gasteiger charge is 2.18. The Morgan fingerprint density at radius 2 is 1.60 bits per heavy atom. The van der Waals surface area contributed by atoms with Crippen molar-refractivity contribution < 1.29 is 17.9 Å². The second-order valence-electron chi connectivity index (χ2n) is 6.48. The third-order valence-electron chi connectivity index (χ3n) is 4.45. The SMILES string of the molecule is COC(=O)c1ccc(N[C@@H](CNS(=O)(=O)c2ccc(Cl)cc2)c2ccccc2)cc1. The number of sulfonamides is 1. The average Bonchev–Trinajstić information content (AvgIpc) is 2.77. The van der Waals surface area contributed by atoms with Gasteiger partial charge in [-0.3, -0.25) is 0 Å². The molecule has 2 N–H and O–H groups in total. The Morgan fingerprint density at radius 3 is 2.20 bits per heavy atom. The number of hydrogen-bond donors (Lipinski definition) is 2. The van der Waals surface area contributed by atoms with E-state index in [4.69, 9.17) is 16.3 Å². The number of ether oxygens (including phenoxy) is 1. The number of anilines is 1.